The highest BCUT2D eigenvalue weighted by Crippen LogP contribution is 2.30. The predicted molar refractivity (Wildman–Crippen MR) is 130 cm³/mol. The van der Waals surface area contributed by atoms with Gasteiger partial charge in [0, 0.05) is 32.1 Å². The van der Waals surface area contributed by atoms with Gasteiger partial charge in [-0.25, -0.2) is 0 Å². The van der Waals surface area contributed by atoms with Crippen molar-refractivity contribution in [1.82, 2.24) is 15.1 Å². The fourth-order valence-corrected chi connectivity index (χ4v) is 5.75. The summed E-state index contributed by atoms with van der Waals surface area (Å²) in [5.74, 6) is -0.0776. The minimum absolute atomic E-state index is 0.000360. The van der Waals surface area contributed by atoms with Crippen molar-refractivity contribution in [2.75, 3.05) is 19.6 Å². The zero-order chi connectivity index (χ0) is 22.6. The van der Waals surface area contributed by atoms with E-state index in [2.05, 4.69) is 46.6 Å². The molecule has 2 saturated heterocycles. The molecule has 0 bridgehead atoms. The molecule has 1 atom stereocenters. The summed E-state index contributed by atoms with van der Waals surface area (Å²) < 4.78 is 0. The van der Waals surface area contributed by atoms with Crippen LogP contribution in [-0.4, -0.2) is 47.3 Å². The van der Waals surface area contributed by atoms with E-state index in [1.807, 2.05) is 17.0 Å². The standard InChI is InChI=1S/C28H35N3O2/c32-27-17-24(20-31(27)25-8-2-3-9-25)28(33)29-18-23-7-1-4-10-26(23)22-13-11-21(12-14-22)19-30-15-5-6-16-30/h1,4,7,10-14,24-25H,2-3,5-6,8-9,15-20H2,(H,29,33). The predicted octanol–water partition coefficient (Wildman–Crippen LogP) is 4.36. The Bertz CT molecular complexity index is 975. The lowest BCUT2D eigenvalue weighted by molar-refractivity contribution is -0.130. The number of carbonyl (C=O) groups excluding carboxylic acids is 2. The van der Waals surface area contributed by atoms with E-state index < -0.39 is 0 Å². The van der Waals surface area contributed by atoms with Gasteiger partial charge in [-0.2, -0.15) is 0 Å². The van der Waals surface area contributed by atoms with Gasteiger partial charge in [-0.05, 0) is 61.0 Å². The number of nitrogens with zero attached hydrogens (tertiary/aromatic N) is 2. The Morgan fingerprint density at radius 3 is 2.42 bits per heavy atom. The number of carbonyl (C=O) groups is 2. The zero-order valence-corrected chi connectivity index (χ0v) is 19.5. The van der Waals surface area contributed by atoms with Gasteiger partial charge in [0.25, 0.3) is 0 Å². The van der Waals surface area contributed by atoms with Crippen LogP contribution in [0.3, 0.4) is 0 Å². The number of hydrogen-bond acceptors (Lipinski definition) is 3. The summed E-state index contributed by atoms with van der Waals surface area (Å²) >= 11 is 0. The van der Waals surface area contributed by atoms with Gasteiger partial charge >= 0.3 is 0 Å². The maximum absolute atomic E-state index is 12.9. The van der Waals surface area contributed by atoms with Gasteiger partial charge in [0.2, 0.25) is 11.8 Å². The first-order chi connectivity index (χ1) is 16.2. The molecule has 1 aliphatic carbocycles. The Kier molecular flexibility index (Phi) is 6.77. The van der Waals surface area contributed by atoms with E-state index in [9.17, 15) is 9.59 Å². The zero-order valence-electron chi connectivity index (χ0n) is 19.5. The third-order valence-electron chi connectivity index (χ3n) is 7.63. The number of hydrogen-bond donors (Lipinski definition) is 1. The molecule has 2 heterocycles. The lowest BCUT2D eigenvalue weighted by Gasteiger charge is -2.23. The normalized spacial score (nSPS) is 21.8. The molecule has 5 heteroatoms. The molecule has 0 aromatic heterocycles. The summed E-state index contributed by atoms with van der Waals surface area (Å²) in [5, 5.41) is 3.12. The molecule has 1 saturated carbocycles. The summed E-state index contributed by atoms with van der Waals surface area (Å²) in [7, 11) is 0. The number of amides is 2. The van der Waals surface area contributed by atoms with Crippen LogP contribution in [0.2, 0.25) is 0 Å². The molecule has 1 unspecified atom stereocenters. The van der Waals surface area contributed by atoms with Gasteiger partial charge in [-0.3, -0.25) is 14.5 Å². The van der Waals surface area contributed by atoms with Crippen LogP contribution in [0.15, 0.2) is 48.5 Å². The maximum Gasteiger partial charge on any atom is 0.225 e. The van der Waals surface area contributed by atoms with Crippen molar-refractivity contribution in [3.05, 3.63) is 59.7 Å². The van der Waals surface area contributed by atoms with Gasteiger partial charge in [-0.1, -0.05) is 61.4 Å². The molecule has 2 aromatic carbocycles. The van der Waals surface area contributed by atoms with Crippen LogP contribution in [0.25, 0.3) is 11.1 Å². The molecule has 2 aliphatic heterocycles. The van der Waals surface area contributed by atoms with E-state index in [4.69, 9.17) is 0 Å². The molecular weight excluding hydrogens is 410 g/mol. The summed E-state index contributed by atoms with van der Waals surface area (Å²) in [5.41, 5.74) is 4.79. The van der Waals surface area contributed by atoms with Crippen LogP contribution < -0.4 is 5.32 Å². The third kappa shape index (κ3) is 5.14. The van der Waals surface area contributed by atoms with E-state index in [0.717, 1.165) is 30.5 Å². The van der Waals surface area contributed by atoms with Crippen LogP contribution in [0.4, 0.5) is 0 Å². The highest BCUT2D eigenvalue weighted by Gasteiger charge is 2.38. The van der Waals surface area contributed by atoms with Gasteiger partial charge in [-0.15, -0.1) is 0 Å². The van der Waals surface area contributed by atoms with Crippen molar-refractivity contribution >= 4 is 11.8 Å². The van der Waals surface area contributed by atoms with Gasteiger partial charge < -0.3 is 10.2 Å². The summed E-state index contributed by atoms with van der Waals surface area (Å²) in [6.07, 6.45) is 7.54. The molecule has 1 N–H and O–H groups in total. The second kappa shape index (κ2) is 10.1. The monoisotopic (exact) mass is 445 g/mol. The van der Waals surface area contributed by atoms with Crippen molar-refractivity contribution in [3.63, 3.8) is 0 Å². The Balaban J connectivity index is 1.20. The lowest BCUT2D eigenvalue weighted by Crippen LogP contribution is -2.36. The van der Waals surface area contributed by atoms with Crippen molar-refractivity contribution in [2.45, 2.75) is 64.1 Å². The molecule has 174 valence electrons. The lowest BCUT2D eigenvalue weighted by atomic mass is 9.98. The number of likely N-dealkylation sites (tertiary alicyclic amines) is 2. The molecule has 33 heavy (non-hydrogen) atoms. The highest BCUT2D eigenvalue weighted by molar-refractivity contribution is 5.89. The minimum Gasteiger partial charge on any atom is -0.352 e. The van der Waals surface area contributed by atoms with E-state index >= 15 is 0 Å². The molecule has 3 aliphatic rings. The molecule has 0 radical (unpaired) electrons. The third-order valence-corrected chi connectivity index (χ3v) is 7.63. The van der Waals surface area contributed by atoms with Crippen LogP contribution in [0.1, 0.15) is 56.1 Å². The largest absolute Gasteiger partial charge is 0.352 e. The van der Waals surface area contributed by atoms with Crippen LogP contribution in [-0.2, 0) is 22.7 Å². The number of benzene rings is 2. The highest BCUT2D eigenvalue weighted by atomic mass is 16.2. The second-order valence-electron chi connectivity index (χ2n) is 9.94. The molecule has 2 amide bonds. The first-order valence-corrected chi connectivity index (χ1v) is 12.6. The van der Waals surface area contributed by atoms with Crippen LogP contribution in [0, 0.1) is 5.92 Å². The first kappa shape index (κ1) is 22.1. The second-order valence-corrected chi connectivity index (χ2v) is 9.94. The molecule has 3 fully saturated rings. The first-order valence-electron chi connectivity index (χ1n) is 12.6. The summed E-state index contributed by atoms with van der Waals surface area (Å²) in [6.45, 7) is 4.49. The van der Waals surface area contributed by atoms with Gasteiger partial charge in [0.15, 0.2) is 0 Å². The molecule has 0 spiro atoms. The van der Waals surface area contributed by atoms with E-state index in [-0.39, 0.29) is 17.7 Å². The Hall–Kier alpha value is -2.66. The van der Waals surface area contributed by atoms with E-state index in [1.165, 1.54) is 49.9 Å². The summed E-state index contributed by atoms with van der Waals surface area (Å²) in [4.78, 5) is 29.8. The molecule has 2 aromatic rings. The molecule has 5 nitrogen and oxygen atoms in total. The topological polar surface area (TPSA) is 52.7 Å². The van der Waals surface area contributed by atoms with Crippen molar-refractivity contribution in [1.29, 1.82) is 0 Å². The van der Waals surface area contributed by atoms with Crippen LogP contribution in [0.5, 0.6) is 0 Å². The van der Waals surface area contributed by atoms with Crippen molar-refractivity contribution < 1.29 is 9.59 Å². The number of rotatable bonds is 7. The van der Waals surface area contributed by atoms with Crippen molar-refractivity contribution in [3.8, 4) is 11.1 Å². The maximum atomic E-state index is 12.9. The van der Waals surface area contributed by atoms with Crippen LogP contribution >= 0.6 is 0 Å². The molecular formula is C28H35N3O2. The van der Waals surface area contributed by atoms with Gasteiger partial charge in [0.1, 0.15) is 0 Å². The Morgan fingerprint density at radius 1 is 0.939 bits per heavy atom. The van der Waals surface area contributed by atoms with E-state index in [0.29, 0.717) is 25.6 Å². The van der Waals surface area contributed by atoms with Gasteiger partial charge in [0.05, 0.1) is 5.92 Å². The SMILES string of the molecule is O=C(NCc1ccccc1-c1ccc(CN2CCCC2)cc1)C1CC(=O)N(C2CCCC2)C1. The summed E-state index contributed by atoms with van der Waals surface area (Å²) in [6, 6.07) is 17.5. The number of nitrogens with one attached hydrogen (secondary N) is 1. The Morgan fingerprint density at radius 2 is 1.67 bits per heavy atom. The molecule has 5 rings (SSSR count). The quantitative estimate of drug-likeness (QED) is 0.689. The minimum atomic E-state index is -0.227. The average Bonchev–Trinajstić information content (AvgIpc) is 3.61. The fourth-order valence-electron chi connectivity index (χ4n) is 5.75. The smallest absolute Gasteiger partial charge is 0.225 e. The van der Waals surface area contributed by atoms with E-state index in [1.54, 1.807) is 0 Å². The Labute approximate surface area is 197 Å². The van der Waals surface area contributed by atoms with Crippen molar-refractivity contribution in [2.24, 2.45) is 5.92 Å². The fraction of sp³-hybridized carbons (Fsp3) is 0.500. The average molecular weight is 446 g/mol.